The van der Waals surface area contributed by atoms with Gasteiger partial charge in [0.1, 0.15) is 11.5 Å². The van der Waals surface area contributed by atoms with Crippen LogP contribution in [-0.2, 0) is 0 Å². The molecule has 0 radical (unpaired) electrons. The number of hydrogen-bond donors (Lipinski definition) is 2. The number of rotatable bonds is 2. The van der Waals surface area contributed by atoms with Crippen molar-refractivity contribution in [2.75, 3.05) is 11.1 Å². The normalized spacial score (nSPS) is 10.1. The summed E-state index contributed by atoms with van der Waals surface area (Å²) in [6, 6.07) is 5.08. The smallest absolute Gasteiger partial charge is 0.275 e. The molecule has 1 aromatic heterocycles. The molecule has 0 saturated heterocycles. The van der Waals surface area contributed by atoms with Crippen LogP contribution in [0, 0.1) is 0 Å². The lowest BCUT2D eigenvalue weighted by molar-refractivity contribution is 0.102. The van der Waals surface area contributed by atoms with E-state index in [1.54, 1.807) is 18.2 Å². The summed E-state index contributed by atoms with van der Waals surface area (Å²) in [7, 11) is 0. The van der Waals surface area contributed by atoms with Crippen molar-refractivity contribution in [2.24, 2.45) is 0 Å². The third-order valence-electron chi connectivity index (χ3n) is 2.06. The number of carbonyl (C=O) groups excluding carboxylic acids is 1. The summed E-state index contributed by atoms with van der Waals surface area (Å²) in [6.45, 7) is 0. The molecule has 0 unspecified atom stereocenters. The lowest BCUT2D eigenvalue weighted by atomic mass is 10.3. The van der Waals surface area contributed by atoms with Crippen LogP contribution in [0.4, 0.5) is 11.5 Å². The SMILES string of the molecule is Nc1cncc(C(=O)Nc2ccc(Br)c(Cl)c2)n1. The van der Waals surface area contributed by atoms with Crippen LogP contribution in [0.3, 0.4) is 0 Å². The van der Waals surface area contributed by atoms with E-state index in [1.165, 1.54) is 12.4 Å². The summed E-state index contributed by atoms with van der Waals surface area (Å²) < 4.78 is 0.755. The van der Waals surface area contributed by atoms with E-state index in [0.717, 1.165) is 4.47 Å². The Morgan fingerprint density at radius 3 is 2.83 bits per heavy atom. The van der Waals surface area contributed by atoms with Crippen molar-refractivity contribution in [3.63, 3.8) is 0 Å². The van der Waals surface area contributed by atoms with Gasteiger partial charge in [-0.1, -0.05) is 11.6 Å². The Morgan fingerprint density at radius 1 is 1.39 bits per heavy atom. The van der Waals surface area contributed by atoms with Crippen LogP contribution in [0.25, 0.3) is 0 Å². The van der Waals surface area contributed by atoms with Gasteiger partial charge in [0.05, 0.1) is 17.4 Å². The van der Waals surface area contributed by atoms with Crippen molar-refractivity contribution >= 4 is 44.9 Å². The number of amides is 1. The molecule has 1 heterocycles. The van der Waals surface area contributed by atoms with Gasteiger partial charge >= 0.3 is 0 Å². The molecule has 7 heteroatoms. The van der Waals surface area contributed by atoms with E-state index < -0.39 is 5.91 Å². The number of nitrogens with two attached hydrogens (primary N) is 1. The van der Waals surface area contributed by atoms with Gasteiger partial charge in [0, 0.05) is 10.2 Å². The number of hydrogen-bond acceptors (Lipinski definition) is 4. The predicted molar refractivity (Wildman–Crippen MR) is 73.5 cm³/mol. The molecule has 18 heavy (non-hydrogen) atoms. The summed E-state index contributed by atoms with van der Waals surface area (Å²) in [5, 5.41) is 3.16. The second kappa shape index (κ2) is 5.32. The maximum atomic E-state index is 11.8. The lowest BCUT2D eigenvalue weighted by Gasteiger charge is -2.05. The van der Waals surface area contributed by atoms with E-state index in [2.05, 4.69) is 31.2 Å². The van der Waals surface area contributed by atoms with Crippen molar-refractivity contribution in [3.8, 4) is 0 Å². The first kappa shape index (κ1) is 12.8. The monoisotopic (exact) mass is 326 g/mol. The molecule has 0 bridgehead atoms. The van der Waals surface area contributed by atoms with E-state index in [0.29, 0.717) is 10.7 Å². The highest BCUT2D eigenvalue weighted by atomic mass is 79.9. The molecule has 2 rings (SSSR count). The number of nitrogens with one attached hydrogen (secondary N) is 1. The number of carbonyl (C=O) groups is 1. The van der Waals surface area contributed by atoms with E-state index in [-0.39, 0.29) is 11.5 Å². The van der Waals surface area contributed by atoms with Crippen molar-refractivity contribution in [2.45, 2.75) is 0 Å². The van der Waals surface area contributed by atoms with E-state index in [4.69, 9.17) is 17.3 Å². The fraction of sp³-hybridized carbons (Fsp3) is 0. The molecule has 0 spiro atoms. The topological polar surface area (TPSA) is 80.9 Å². The van der Waals surface area contributed by atoms with Crippen LogP contribution in [0.5, 0.6) is 0 Å². The van der Waals surface area contributed by atoms with Crippen LogP contribution in [0.2, 0.25) is 5.02 Å². The highest BCUT2D eigenvalue weighted by Crippen LogP contribution is 2.25. The molecule has 0 aliphatic heterocycles. The second-order valence-electron chi connectivity index (χ2n) is 3.41. The Labute approximate surface area is 117 Å². The first-order chi connectivity index (χ1) is 8.56. The highest BCUT2D eigenvalue weighted by Gasteiger charge is 2.09. The Hall–Kier alpha value is -1.66. The summed E-state index contributed by atoms with van der Waals surface area (Å²) >= 11 is 9.19. The molecule has 0 saturated carbocycles. The Morgan fingerprint density at radius 2 is 2.17 bits per heavy atom. The average Bonchev–Trinajstić information content (AvgIpc) is 2.34. The summed E-state index contributed by atoms with van der Waals surface area (Å²) in [5.74, 6) is -0.204. The maximum Gasteiger partial charge on any atom is 0.275 e. The minimum atomic E-state index is -0.395. The average molecular weight is 328 g/mol. The van der Waals surface area contributed by atoms with Gasteiger partial charge in [0.25, 0.3) is 5.91 Å². The molecule has 1 amide bonds. The van der Waals surface area contributed by atoms with Gasteiger partial charge in [-0.25, -0.2) is 4.98 Å². The second-order valence-corrected chi connectivity index (χ2v) is 4.67. The molecule has 2 aromatic rings. The van der Waals surface area contributed by atoms with Gasteiger partial charge in [0.2, 0.25) is 0 Å². The molecule has 0 atom stereocenters. The number of aromatic nitrogens is 2. The van der Waals surface area contributed by atoms with Gasteiger partial charge in [-0.2, -0.15) is 0 Å². The number of halogens is 2. The van der Waals surface area contributed by atoms with Gasteiger partial charge in [-0.05, 0) is 34.1 Å². The van der Waals surface area contributed by atoms with Gasteiger partial charge < -0.3 is 11.1 Å². The number of benzene rings is 1. The van der Waals surface area contributed by atoms with Crippen LogP contribution in [0.15, 0.2) is 35.1 Å². The molecule has 92 valence electrons. The van der Waals surface area contributed by atoms with Crippen molar-refractivity contribution < 1.29 is 4.79 Å². The van der Waals surface area contributed by atoms with E-state index >= 15 is 0 Å². The third-order valence-corrected chi connectivity index (χ3v) is 3.30. The quantitative estimate of drug-likeness (QED) is 0.888. The van der Waals surface area contributed by atoms with E-state index in [1.807, 2.05) is 0 Å². The molecule has 5 nitrogen and oxygen atoms in total. The Kier molecular flexibility index (Phi) is 3.78. The Bertz CT molecular complexity index is 605. The first-order valence-corrected chi connectivity index (χ1v) is 6.07. The number of nitrogens with zero attached hydrogens (tertiary/aromatic N) is 2. The fourth-order valence-corrected chi connectivity index (χ4v) is 1.69. The van der Waals surface area contributed by atoms with Crippen LogP contribution >= 0.6 is 27.5 Å². The third kappa shape index (κ3) is 2.96. The molecule has 0 fully saturated rings. The van der Waals surface area contributed by atoms with Gasteiger partial charge in [0.15, 0.2) is 0 Å². The van der Waals surface area contributed by atoms with E-state index in [9.17, 15) is 4.79 Å². The minimum absolute atomic E-state index is 0.147. The van der Waals surface area contributed by atoms with Crippen LogP contribution < -0.4 is 11.1 Å². The first-order valence-electron chi connectivity index (χ1n) is 4.90. The molecule has 0 aliphatic carbocycles. The number of nitrogen functional groups attached to an aromatic ring is 1. The minimum Gasteiger partial charge on any atom is -0.382 e. The predicted octanol–water partition coefficient (Wildman–Crippen LogP) is 2.73. The zero-order valence-corrected chi connectivity index (χ0v) is 11.4. The summed E-state index contributed by atoms with van der Waals surface area (Å²) in [5.41, 5.74) is 6.17. The van der Waals surface area contributed by atoms with Crippen molar-refractivity contribution in [3.05, 3.63) is 45.8 Å². The summed E-state index contributed by atoms with van der Waals surface area (Å²) in [6.07, 6.45) is 2.71. The van der Waals surface area contributed by atoms with Crippen LogP contribution in [0.1, 0.15) is 10.5 Å². The molecule has 0 aliphatic rings. The molecular weight excluding hydrogens is 320 g/mol. The number of anilines is 2. The van der Waals surface area contributed by atoms with Crippen LogP contribution in [-0.4, -0.2) is 15.9 Å². The fourth-order valence-electron chi connectivity index (χ4n) is 1.26. The maximum absolute atomic E-state index is 11.8. The summed E-state index contributed by atoms with van der Waals surface area (Å²) in [4.78, 5) is 19.5. The van der Waals surface area contributed by atoms with Crippen molar-refractivity contribution in [1.82, 2.24) is 9.97 Å². The largest absolute Gasteiger partial charge is 0.382 e. The zero-order chi connectivity index (χ0) is 13.1. The molecular formula is C11H8BrClN4O. The van der Waals surface area contributed by atoms with Gasteiger partial charge in [-0.3, -0.25) is 9.78 Å². The lowest BCUT2D eigenvalue weighted by Crippen LogP contribution is -2.14. The Balaban J connectivity index is 2.18. The highest BCUT2D eigenvalue weighted by molar-refractivity contribution is 9.10. The standard InChI is InChI=1S/C11H8BrClN4O/c12-7-2-1-6(3-8(7)13)16-11(18)9-4-15-5-10(14)17-9/h1-5H,(H2,14,17)(H,16,18). The van der Waals surface area contributed by atoms with Gasteiger partial charge in [-0.15, -0.1) is 0 Å². The molecule has 3 N–H and O–H groups in total. The zero-order valence-electron chi connectivity index (χ0n) is 9.02. The molecule has 1 aromatic carbocycles. The van der Waals surface area contributed by atoms with Crippen molar-refractivity contribution in [1.29, 1.82) is 0 Å².